The zero-order valence-corrected chi connectivity index (χ0v) is 27.7. The molecular formula is C45H37N3. The predicted molar refractivity (Wildman–Crippen MR) is 199 cm³/mol. The Labute approximate surface area is 282 Å². The summed E-state index contributed by atoms with van der Waals surface area (Å²) in [5, 5.41) is 2.55. The number of allylic oxidation sites excluding steroid dienone is 3. The molecule has 0 N–H and O–H groups in total. The Hall–Kier alpha value is -5.46. The Bertz CT molecular complexity index is 2350. The lowest BCUT2D eigenvalue weighted by atomic mass is 9.82. The van der Waals surface area contributed by atoms with Crippen LogP contribution in [0.1, 0.15) is 68.3 Å². The van der Waals surface area contributed by atoms with Gasteiger partial charge in [0.05, 0.1) is 22.8 Å². The number of aromatic nitrogens is 1. The average molecular weight is 620 g/mol. The first kappa shape index (κ1) is 28.7. The number of hydrogen-bond acceptors (Lipinski definition) is 2. The highest BCUT2D eigenvalue weighted by Gasteiger charge is 2.37. The minimum Gasteiger partial charge on any atom is -0.309 e. The molecule has 0 bridgehead atoms. The zero-order valence-electron chi connectivity index (χ0n) is 27.7. The first-order chi connectivity index (χ1) is 23.5. The molecule has 1 aliphatic heterocycles. The lowest BCUT2D eigenvalue weighted by Gasteiger charge is -2.30. The molecule has 0 saturated carbocycles. The molecule has 2 aliphatic carbocycles. The van der Waals surface area contributed by atoms with Crippen LogP contribution in [0.15, 0.2) is 137 Å². The monoisotopic (exact) mass is 619 g/mol. The third-order valence-corrected chi connectivity index (χ3v) is 10.8. The van der Waals surface area contributed by atoms with Crippen molar-refractivity contribution in [2.45, 2.75) is 51.5 Å². The first-order valence-corrected chi connectivity index (χ1v) is 17.2. The summed E-state index contributed by atoms with van der Waals surface area (Å²) in [7, 11) is 0. The van der Waals surface area contributed by atoms with Gasteiger partial charge in [-0.1, -0.05) is 112 Å². The van der Waals surface area contributed by atoms with E-state index in [1.807, 2.05) is 6.07 Å². The first-order valence-electron chi connectivity index (χ1n) is 17.2. The molecule has 3 aliphatic rings. The van der Waals surface area contributed by atoms with Crippen LogP contribution >= 0.6 is 0 Å². The highest BCUT2D eigenvalue weighted by Crippen LogP contribution is 2.50. The van der Waals surface area contributed by atoms with Crippen molar-refractivity contribution < 1.29 is 0 Å². The SMILES string of the molecule is CCC1C(c2ccccc2)=NC(C2=CC=CCC2)=NC1c1ccc(-n2c3ccccc3c3cc4c(cc32)-c2c#cccc2C4(C)C)cc1. The van der Waals surface area contributed by atoms with E-state index in [-0.39, 0.29) is 17.4 Å². The summed E-state index contributed by atoms with van der Waals surface area (Å²) in [4.78, 5) is 10.6. The maximum absolute atomic E-state index is 5.38. The Balaban J connectivity index is 1.18. The molecule has 232 valence electrons. The number of hydrogen-bond donors (Lipinski definition) is 0. The summed E-state index contributed by atoms with van der Waals surface area (Å²) in [5.74, 6) is 1.07. The van der Waals surface area contributed by atoms with Gasteiger partial charge in [-0.05, 0) is 95.1 Å². The van der Waals surface area contributed by atoms with Crippen molar-refractivity contribution in [1.82, 2.24) is 4.57 Å². The molecule has 1 aromatic heterocycles. The molecule has 0 radical (unpaired) electrons. The molecule has 9 rings (SSSR count). The van der Waals surface area contributed by atoms with Crippen LogP contribution < -0.4 is 0 Å². The van der Waals surface area contributed by atoms with E-state index in [1.54, 1.807) is 0 Å². The number of aliphatic imine (C=N–C) groups is 2. The third kappa shape index (κ3) is 4.36. The van der Waals surface area contributed by atoms with Gasteiger partial charge in [0.1, 0.15) is 0 Å². The quantitative estimate of drug-likeness (QED) is 0.184. The fourth-order valence-corrected chi connectivity index (χ4v) is 8.26. The minimum absolute atomic E-state index is 0.00879. The van der Waals surface area contributed by atoms with Crippen LogP contribution in [0.4, 0.5) is 0 Å². The van der Waals surface area contributed by atoms with Crippen molar-refractivity contribution in [3.05, 3.63) is 161 Å². The molecule has 2 heterocycles. The highest BCUT2D eigenvalue weighted by atomic mass is 15.0. The summed E-state index contributed by atoms with van der Waals surface area (Å²) in [6.07, 6.45) is 9.51. The van der Waals surface area contributed by atoms with Crippen molar-refractivity contribution in [3.63, 3.8) is 0 Å². The van der Waals surface area contributed by atoms with Gasteiger partial charge in [0, 0.05) is 33.4 Å². The molecule has 0 saturated heterocycles. The van der Waals surface area contributed by atoms with Gasteiger partial charge in [-0.25, -0.2) is 4.99 Å². The van der Waals surface area contributed by atoms with Crippen LogP contribution in [-0.4, -0.2) is 16.1 Å². The molecule has 0 fully saturated rings. The van der Waals surface area contributed by atoms with E-state index in [0.717, 1.165) is 36.5 Å². The number of rotatable bonds is 5. The topological polar surface area (TPSA) is 29.6 Å². The summed E-state index contributed by atoms with van der Waals surface area (Å²) < 4.78 is 2.43. The summed E-state index contributed by atoms with van der Waals surface area (Å²) in [6.45, 7) is 6.92. The number of para-hydroxylation sites is 1. The second kappa shape index (κ2) is 11.1. The van der Waals surface area contributed by atoms with Crippen molar-refractivity contribution in [2.75, 3.05) is 0 Å². The largest absolute Gasteiger partial charge is 0.309 e. The van der Waals surface area contributed by atoms with E-state index >= 15 is 0 Å². The Morgan fingerprint density at radius 1 is 0.854 bits per heavy atom. The Kier molecular flexibility index (Phi) is 6.63. The van der Waals surface area contributed by atoms with Gasteiger partial charge < -0.3 is 4.57 Å². The van der Waals surface area contributed by atoms with Gasteiger partial charge in [0.15, 0.2) is 5.84 Å². The second-order valence-corrected chi connectivity index (χ2v) is 13.8. The Morgan fingerprint density at radius 2 is 1.67 bits per heavy atom. The predicted octanol–water partition coefficient (Wildman–Crippen LogP) is 10.9. The van der Waals surface area contributed by atoms with E-state index in [0.29, 0.717) is 0 Å². The van der Waals surface area contributed by atoms with Crippen LogP contribution in [0, 0.1) is 18.1 Å². The van der Waals surface area contributed by atoms with Crippen LogP contribution in [0.3, 0.4) is 0 Å². The van der Waals surface area contributed by atoms with Crippen molar-refractivity contribution >= 4 is 33.4 Å². The average Bonchev–Trinajstić information content (AvgIpc) is 3.59. The third-order valence-electron chi connectivity index (χ3n) is 10.8. The molecule has 48 heavy (non-hydrogen) atoms. The molecule has 0 amide bonds. The molecule has 2 atom stereocenters. The van der Waals surface area contributed by atoms with E-state index in [9.17, 15) is 0 Å². The number of fused-ring (bicyclic) bond motifs is 6. The van der Waals surface area contributed by atoms with Crippen molar-refractivity contribution in [3.8, 4) is 16.8 Å². The molecule has 5 aromatic carbocycles. The maximum atomic E-state index is 5.38. The van der Waals surface area contributed by atoms with Crippen LogP contribution in [0.25, 0.3) is 38.6 Å². The standard InChI is InChI=1S/C45H37N3/c1-4-33-42(29-15-7-5-8-16-29)46-44(31-17-9-6-10-18-31)47-43(33)30-23-25-32(26-24-30)48-40-22-14-12-20-35(40)37-27-39-36(28-41(37)48)34-19-11-13-21-38(34)45(39,2)3/h5-9,12-17,20-28,33,43H,4,10,18H2,1-3H3. The minimum atomic E-state index is -0.0869. The maximum Gasteiger partial charge on any atom is 0.151 e. The fourth-order valence-electron chi connectivity index (χ4n) is 8.26. The number of benzene rings is 4. The smallest absolute Gasteiger partial charge is 0.151 e. The van der Waals surface area contributed by atoms with Gasteiger partial charge in [-0.15, -0.1) is 0 Å². The van der Waals surface area contributed by atoms with E-state index in [4.69, 9.17) is 9.98 Å². The van der Waals surface area contributed by atoms with E-state index in [1.165, 1.54) is 60.8 Å². The van der Waals surface area contributed by atoms with Gasteiger partial charge in [-0.3, -0.25) is 4.99 Å². The van der Waals surface area contributed by atoms with Crippen molar-refractivity contribution in [2.24, 2.45) is 15.9 Å². The summed E-state index contributed by atoms with van der Waals surface area (Å²) >= 11 is 0. The van der Waals surface area contributed by atoms with Gasteiger partial charge >= 0.3 is 0 Å². The lowest BCUT2D eigenvalue weighted by Crippen LogP contribution is -2.28. The number of amidine groups is 1. The van der Waals surface area contributed by atoms with Crippen LogP contribution in [-0.2, 0) is 5.41 Å². The normalized spacial score (nSPS) is 19.4. The van der Waals surface area contributed by atoms with Gasteiger partial charge in [0.2, 0.25) is 0 Å². The molecule has 3 heteroatoms. The van der Waals surface area contributed by atoms with Gasteiger partial charge in [0.25, 0.3) is 0 Å². The Morgan fingerprint density at radius 3 is 2.46 bits per heavy atom. The van der Waals surface area contributed by atoms with Crippen LogP contribution in [0.2, 0.25) is 0 Å². The van der Waals surface area contributed by atoms with Gasteiger partial charge in [-0.2, -0.15) is 0 Å². The second-order valence-electron chi connectivity index (χ2n) is 13.8. The zero-order chi connectivity index (χ0) is 32.4. The summed E-state index contributed by atoms with van der Waals surface area (Å²) in [5.41, 5.74) is 13.4. The van der Waals surface area contributed by atoms with Crippen molar-refractivity contribution in [1.29, 1.82) is 0 Å². The molecule has 0 spiro atoms. The number of nitrogens with zero attached hydrogens (tertiary/aromatic N) is 3. The molecule has 2 unspecified atom stereocenters. The highest BCUT2D eigenvalue weighted by molar-refractivity contribution is 6.15. The van der Waals surface area contributed by atoms with E-state index in [2.05, 4.69) is 153 Å². The molecule has 6 aromatic rings. The van der Waals surface area contributed by atoms with Crippen LogP contribution in [0.5, 0.6) is 0 Å². The lowest BCUT2D eigenvalue weighted by molar-refractivity contribution is 0.532. The fraction of sp³-hybridized carbons (Fsp3) is 0.200. The summed E-state index contributed by atoms with van der Waals surface area (Å²) in [6, 6.07) is 44.3. The van der Waals surface area contributed by atoms with E-state index < -0.39 is 0 Å². The molecular weight excluding hydrogens is 583 g/mol. The molecule has 3 nitrogen and oxygen atoms in total.